The van der Waals surface area contributed by atoms with E-state index in [-0.39, 0.29) is 5.91 Å². The van der Waals surface area contributed by atoms with Gasteiger partial charge in [-0.3, -0.25) is 4.79 Å². The Bertz CT molecular complexity index is 726. The average Bonchev–Trinajstić information content (AvgIpc) is 3.02. The van der Waals surface area contributed by atoms with Crippen molar-refractivity contribution in [1.29, 1.82) is 0 Å². The number of rotatable bonds is 5. The summed E-state index contributed by atoms with van der Waals surface area (Å²) in [4.78, 5) is 35.6. The van der Waals surface area contributed by atoms with E-state index in [4.69, 9.17) is 9.84 Å². The number of carbonyl (C=O) groups is 3. The molecule has 1 aliphatic rings. The van der Waals surface area contributed by atoms with Crippen LogP contribution in [0.15, 0.2) is 30.3 Å². The highest BCUT2D eigenvalue weighted by Crippen LogP contribution is 2.31. The smallest absolute Gasteiger partial charge is 0.408 e. The summed E-state index contributed by atoms with van der Waals surface area (Å²) in [6.07, 6.45) is 4.72. The molecule has 1 aromatic rings. The molecule has 0 spiro atoms. The summed E-state index contributed by atoms with van der Waals surface area (Å²) in [5.41, 5.74) is -0.341. The van der Waals surface area contributed by atoms with Gasteiger partial charge in [-0.05, 0) is 57.4 Å². The lowest BCUT2D eigenvalue weighted by molar-refractivity contribution is -0.131. The quantitative estimate of drug-likeness (QED) is 0.684. The SMILES string of the molecule is CC(C)(C)OC(=O)NC1(C(=O)Nc2ccc(/C=C/C(=O)O)cc2)CCCC1. The van der Waals surface area contributed by atoms with Crippen LogP contribution in [0.1, 0.15) is 52.0 Å². The molecule has 0 bridgehead atoms. The Morgan fingerprint density at radius 2 is 1.70 bits per heavy atom. The van der Waals surface area contributed by atoms with E-state index < -0.39 is 23.2 Å². The normalized spacial score (nSPS) is 16.1. The van der Waals surface area contributed by atoms with Crippen molar-refractivity contribution in [3.63, 3.8) is 0 Å². The van der Waals surface area contributed by atoms with Crippen molar-refractivity contribution >= 4 is 29.7 Å². The van der Waals surface area contributed by atoms with E-state index >= 15 is 0 Å². The molecular formula is C20H26N2O5. The topological polar surface area (TPSA) is 105 Å². The van der Waals surface area contributed by atoms with E-state index in [9.17, 15) is 14.4 Å². The Morgan fingerprint density at radius 3 is 2.22 bits per heavy atom. The van der Waals surface area contributed by atoms with Crippen molar-refractivity contribution in [2.45, 2.75) is 57.6 Å². The minimum absolute atomic E-state index is 0.278. The lowest BCUT2D eigenvalue weighted by atomic mass is 9.96. The highest BCUT2D eigenvalue weighted by atomic mass is 16.6. The molecule has 1 saturated carbocycles. The van der Waals surface area contributed by atoms with Crippen LogP contribution in [0.25, 0.3) is 6.08 Å². The maximum atomic E-state index is 12.9. The number of aliphatic carboxylic acids is 1. The number of nitrogens with one attached hydrogen (secondary N) is 2. The van der Waals surface area contributed by atoms with Crippen molar-refractivity contribution in [2.75, 3.05) is 5.32 Å². The van der Waals surface area contributed by atoms with Crippen LogP contribution < -0.4 is 10.6 Å². The Morgan fingerprint density at radius 1 is 1.11 bits per heavy atom. The molecule has 2 amide bonds. The van der Waals surface area contributed by atoms with Gasteiger partial charge in [-0.1, -0.05) is 25.0 Å². The summed E-state index contributed by atoms with van der Waals surface area (Å²) in [6, 6.07) is 6.79. The number of ether oxygens (including phenoxy) is 1. The summed E-state index contributed by atoms with van der Waals surface area (Å²) in [5, 5.41) is 14.3. The van der Waals surface area contributed by atoms with Crippen molar-refractivity contribution < 1.29 is 24.2 Å². The molecule has 1 aromatic carbocycles. The highest BCUT2D eigenvalue weighted by molar-refractivity contribution is 6.00. The first-order valence-corrected chi connectivity index (χ1v) is 8.93. The van der Waals surface area contributed by atoms with Crippen LogP contribution in [0.5, 0.6) is 0 Å². The number of amides is 2. The summed E-state index contributed by atoms with van der Waals surface area (Å²) in [7, 11) is 0. The van der Waals surface area contributed by atoms with Gasteiger partial charge in [0.2, 0.25) is 5.91 Å². The van der Waals surface area contributed by atoms with Gasteiger partial charge in [0.05, 0.1) is 0 Å². The summed E-state index contributed by atoms with van der Waals surface area (Å²) >= 11 is 0. The number of alkyl carbamates (subject to hydrolysis) is 1. The predicted molar refractivity (Wildman–Crippen MR) is 102 cm³/mol. The number of carboxylic acid groups (broad SMARTS) is 1. The van der Waals surface area contributed by atoms with Crippen LogP contribution in [0.3, 0.4) is 0 Å². The molecule has 146 valence electrons. The Hall–Kier alpha value is -2.83. The van der Waals surface area contributed by atoms with Crippen LogP contribution in [-0.4, -0.2) is 34.2 Å². The van der Waals surface area contributed by atoms with E-state index in [0.717, 1.165) is 18.9 Å². The number of carboxylic acids is 1. The van der Waals surface area contributed by atoms with Crippen LogP contribution in [0.2, 0.25) is 0 Å². The van der Waals surface area contributed by atoms with Crippen molar-refractivity contribution in [1.82, 2.24) is 5.32 Å². The third-order valence-corrected chi connectivity index (χ3v) is 4.22. The standard InChI is InChI=1S/C20H26N2O5/c1-19(2,3)27-18(26)22-20(12-4-5-13-20)17(25)21-15-9-6-14(7-10-15)8-11-16(23)24/h6-11H,4-5,12-13H2,1-3H3,(H,21,25)(H,22,26)(H,23,24)/b11-8+. The first-order valence-electron chi connectivity index (χ1n) is 8.93. The van der Waals surface area contributed by atoms with Crippen molar-refractivity contribution in [3.8, 4) is 0 Å². The first kappa shape index (κ1) is 20.5. The van der Waals surface area contributed by atoms with E-state index in [1.165, 1.54) is 6.08 Å². The molecule has 0 heterocycles. The molecule has 27 heavy (non-hydrogen) atoms. The number of hydrogen-bond acceptors (Lipinski definition) is 4. The first-order chi connectivity index (χ1) is 12.6. The molecule has 7 heteroatoms. The second-order valence-electron chi connectivity index (χ2n) is 7.66. The fraction of sp³-hybridized carbons (Fsp3) is 0.450. The van der Waals surface area contributed by atoms with Crippen LogP contribution in [-0.2, 0) is 14.3 Å². The van der Waals surface area contributed by atoms with Crippen LogP contribution in [0, 0.1) is 0 Å². The number of anilines is 1. The van der Waals surface area contributed by atoms with Gasteiger partial charge < -0.3 is 20.5 Å². The van der Waals surface area contributed by atoms with E-state index in [1.54, 1.807) is 45.0 Å². The monoisotopic (exact) mass is 374 g/mol. The highest BCUT2D eigenvalue weighted by Gasteiger charge is 2.43. The third-order valence-electron chi connectivity index (χ3n) is 4.22. The zero-order chi connectivity index (χ0) is 20.1. The maximum absolute atomic E-state index is 12.9. The molecule has 1 aliphatic carbocycles. The molecule has 0 atom stereocenters. The van der Waals surface area contributed by atoms with Gasteiger partial charge in [0.15, 0.2) is 0 Å². The molecule has 0 unspecified atom stereocenters. The Kier molecular flexibility index (Phi) is 6.25. The fourth-order valence-corrected chi connectivity index (χ4v) is 2.98. The minimum atomic E-state index is -1.02. The molecule has 0 radical (unpaired) electrons. The number of hydrogen-bond donors (Lipinski definition) is 3. The number of benzene rings is 1. The van der Waals surface area contributed by atoms with Gasteiger partial charge in [0.25, 0.3) is 0 Å². The third kappa shape index (κ3) is 6.13. The van der Waals surface area contributed by atoms with Gasteiger partial charge in [-0.25, -0.2) is 9.59 Å². The van der Waals surface area contributed by atoms with Gasteiger partial charge in [0, 0.05) is 11.8 Å². The Labute approximate surface area is 158 Å². The Balaban J connectivity index is 2.06. The summed E-state index contributed by atoms with van der Waals surface area (Å²) in [5.74, 6) is -1.30. The molecular weight excluding hydrogens is 348 g/mol. The largest absolute Gasteiger partial charge is 0.478 e. The van der Waals surface area contributed by atoms with E-state index in [1.807, 2.05) is 0 Å². The second-order valence-corrected chi connectivity index (χ2v) is 7.66. The summed E-state index contributed by atoms with van der Waals surface area (Å²) in [6.45, 7) is 5.32. The van der Waals surface area contributed by atoms with Gasteiger partial charge in [-0.2, -0.15) is 0 Å². The van der Waals surface area contributed by atoms with Crippen LogP contribution in [0.4, 0.5) is 10.5 Å². The molecule has 3 N–H and O–H groups in total. The average molecular weight is 374 g/mol. The molecule has 1 fully saturated rings. The molecule has 0 aromatic heterocycles. The van der Waals surface area contributed by atoms with E-state index in [2.05, 4.69) is 10.6 Å². The molecule has 7 nitrogen and oxygen atoms in total. The van der Waals surface area contributed by atoms with E-state index in [0.29, 0.717) is 24.1 Å². The van der Waals surface area contributed by atoms with Crippen molar-refractivity contribution in [3.05, 3.63) is 35.9 Å². The minimum Gasteiger partial charge on any atom is -0.478 e. The maximum Gasteiger partial charge on any atom is 0.408 e. The molecule has 2 rings (SSSR count). The fourth-order valence-electron chi connectivity index (χ4n) is 2.98. The van der Waals surface area contributed by atoms with Gasteiger partial charge in [0.1, 0.15) is 11.1 Å². The van der Waals surface area contributed by atoms with Gasteiger partial charge in [-0.15, -0.1) is 0 Å². The lowest BCUT2D eigenvalue weighted by Gasteiger charge is -2.30. The number of carbonyl (C=O) groups excluding carboxylic acids is 2. The van der Waals surface area contributed by atoms with Crippen molar-refractivity contribution in [2.24, 2.45) is 0 Å². The summed E-state index contributed by atoms with van der Waals surface area (Å²) < 4.78 is 5.30. The predicted octanol–water partition coefficient (Wildman–Crippen LogP) is 3.56. The zero-order valence-corrected chi connectivity index (χ0v) is 15.9. The lowest BCUT2D eigenvalue weighted by Crippen LogP contribution is -2.55. The zero-order valence-electron chi connectivity index (χ0n) is 15.9. The van der Waals surface area contributed by atoms with Gasteiger partial charge >= 0.3 is 12.1 Å². The van der Waals surface area contributed by atoms with Crippen LogP contribution >= 0.6 is 0 Å². The molecule has 0 saturated heterocycles. The molecule has 0 aliphatic heterocycles. The second kappa shape index (κ2) is 8.24.